The molecule has 0 N–H and O–H groups in total. The number of rotatable bonds is 4. The fourth-order valence-corrected chi connectivity index (χ4v) is 0.392. The van der Waals surface area contributed by atoms with E-state index in [0.717, 1.165) is 0 Å². The zero-order chi connectivity index (χ0) is 9.61. The van der Waals surface area contributed by atoms with E-state index in [1.54, 1.807) is 26.0 Å². The Hall–Kier alpha value is -1.31. The van der Waals surface area contributed by atoms with Gasteiger partial charge in [-0.2, -0.15) is 0 Å². The number of esters is 1. The molecule has 0 heterocycles. The Bertz CT molecular complexity index is 212. The largest absolute Gasteiger partial charge is 0.434 e. The normalized spacial score (nSPS) is 11.2. The van der Waals surface area contributed by atoms with Gasteiger partial charge < -0.3 is 4.74 Å². The van der Waals surface area contributed by atoms with Gasteiger partial charge in [-0.05, 0) is 19.9 Å². The molecule has 0 unspecified atom stereocenters. The molecule has 0 saturated heterocycles. The smallest absolute Gasteiger partial charge is 0.320 e. The summed E-state index contributed by atoms with van der Waals surface area (Å²) in [6.45, 7) is 10.5. The Morgan fingerprint density at radius 3 is 2.42 bits per heavy atom. The molecule has 0 fully saturated rings. The molecule has 0 atom stereocenters. The van der Waals surface area contributed by atoms with Crippen LogP contribution in [-0.4, -0.2) is 5.97 Å². The zero-order valence-electron chi connectivity index (χ0n) is 7.54. The average molecular weight is 166 g/mol. The first-order valence-corrected chi connectivity index (χ1v) is 3.67. The second-order valence-corrected chi connectivity index (χ2v) is 2.90. The summed E-state index contributed by atoms with van der Waals surface area (Å²) in [5.41, 5.74) is -0.633. The van der Waals surface area contributed by atoms with Gasteiger partial charge >= 0.3 is 5.97 Å². The second-order valence-electron chi connectivity index (χ2n) is 2.90. The van der Waals surface area contributed by atoms with Gasteiger partial charge in [-0.15, -0.1) is 6.58 Å². The van der Waals surface area contributed by atoms with E-state index in [0.29, 0.717) is 0 Å². The number of hydrogen-bond donors (Lipinski definition) is 0. The first-order chi connectivity index (χ1) is 5.54. The van der Waals surface area contributed by atoms with E-state index in [1.807, 2.05) is 0 Å². The Kier molecular flexibility index (Phi) is 4.05. The lowest BCUT2D eigenvalue weighted by atomic mass is 9.94. The van der Waals surface area contributed by atoms with E-state index in [2.05, 4.69) is 13.2 Å². The van der Waals surface area contributed by atoms with Crippen molar-refractivity contribution in [1.82, 2.24) is 0 Å². The molecule has 0 spiro atoms. The number of hydrogen-bond acceptors (Lipinski definition) is 2. The van der Waals surface area contributed by atoms with Crippen LogP contribution in [0, 0.1) is 5.41 Å². The maximum absolute atomic E-state index is 11.2. The Labute approximate surface area is 73.2 Å². The van der Waals surface area contributed by atoms with Crippen molar-refractivity contribution in [3.8, 4) is 0 Å². The van der Waals surface area contributed by atoms with E-state index in [-0.39, 0.29) is 5.97 Å². The van der Waals surface area contributed by atoms with Gasteiger partial charge in [0.1, 0.15) is 0 Å². The van der Waals surface area contributed by atoms with Crippen LogP contribution in [0.4, 0.5) is 0 Å². The summed E-state index contributed by atoms with van der Waals surface area (Å²) in [6.07, 6.45) is 5.95. The molecule has 2 nitrogen and oxygen atoms in total. The van der Waals surface area contributed by atoms with Crippen LogP contribution >= 0.6 is 0 Å². The van der Waals surface area contributed by atoms with Crippen molar-refractivity contribution in [2.75, 3.05) is 0 Å². The molecule has 12 heavy (non-hydrogen) atoms. The second kappa shape index (κ2) is 4.54. The van der Waals surface area contributed by atoms with Crippen LogP contribution < -0.4 is 0 Å². The molecule has 0 bridgehead atoms. The predicted molar refractivity (Wildman–Crippen MR) is 49.4 cm³/mol. The molecule has 0 aromatic heterocycles. The quantitative estimate of drug-likeness (QED) is 0.277. The van der Waals surface area contributed by atoms with Crippen molar-refractivity contribution in [3.63, 3.8) is 0 Å². The van der Waals surface area contributed by atoms with Gasteiger partial charge in [0, 0.05) is 0 Å². The third-order valence-electron chi connectivity index (χ3n) is 1.43. The standard InChI is InChI=1S/C10H14O2/c1-5-7-8-12-9(11)10(3,4)6-2/h5-8H,1-2H2,3-4H3/b8-7+. The van der Waals surface area contributed by atoms with Crippen LogP contribution in [0.15, 0.2) is 37.6 Å². The summed E-state index contributed by atoms with van der Waals surface area (Å²) in [5, 5.41) is 0. The van der Waals surface area contributed by atoms with Crippen LogP contribution in [-0.2, 0) is 9.53 Å². The number of ether oxygens (including phenoxy) is 1. The molecule has 0 aliphatic rings. The van der Waals surface area contributed by atoms with Crippen molar-refractivity contribution < 1.29 is 9.53 Å². The first-order valence-electron chi connectivity index (χ1n) is 3.67. The summed E-state index contributed by atoms with van der Waals surface area (Å²) in [4.78, 5) is 11.2. The molecule has 0 aromatic carbocycles. The highest BCUT2D eigenvalue weighted by Gasteiger charge is 2.24. The summed E-state index contributed by atoms with van der Waals surface area (Å²) in [6, 6.07) is 0. The van der Waals surface area contributed by atoms with Gasteiger partial charge in [0.25, 0.3) is 0 Å². The van der Waals surface area contributed by atoms with E-state index in [4.69, 9.17) is 4.74 Å². The first kappa shape index (κ1) is 10.7. The lowest BCUT2D eigenvalue weighted by Crippen LogP contribution is -2.22. The predicted octanol–water partition coefficient (Wildman–Crippen LogP) is 2.44. The highest BCUT2D eigenvalue weighted by atomic mass is 16.5. The number of allylic oxidation sites excluding steroid dienone is 2. The summed E-state index contributed by atoms with van der Waals surface area (Å²) >= 11 is 0. The lowest BCUT2D eigenvalue weighted by Gasteiger charge is -2.15. The zero-order valence-corrected chi connectivity index (χ0v) is 7.54. The van der Waals surface area contributed by atoms with Crippen LogP contribution in [0.1, 0.15) is 13.8 Å². The monoisotopic (exact) mass is 166 g/mol. The third kappa shape index (κ3) is 3.19. The summed E-state index contributed by atoms with van der Waals surface area (Å²) < 4.78 is 4.78. The highest BCUT2D eigenvalue weighted by molar-refractivity contribution is 5.78. The molecule has 0 saturated carbocycles. The Morgan fingerprint density at radius 2 is 2.00 bits per heavy atom. The molecule has 0 aliphatic carbocycles. The minimum Gasteiger partial charge on any atom is -0.434 e. The molecular weight excluding hydrogens is 152 g/mol. The van der Waals surface area contributed by atoms with E-state index < -0.39 is 5.41 Å². The fraction of sp³-hybridized carbons (Fsp3) is 0.300. The fourth-order valence-electron chi connectivity index (χ4n) is 0.392. The van der Waals surface area contributed by atoms with Crippen molar-refractivity contribution in [3.05, 3.63) is 37.6 Å². The maximum atomic E-state index is 11.2. The van der Waals surface area contributed by atoms with Crippen LogP contribution in [0.2, 0.25) is 0 Å². The Morgan fingerprint density at radius 1 is 1.42 bits per heavy atom. The highest BCUT2D eigenvalue weighted by Crippen LogP contribution is 2.17. The SMILES string of the molecule is C=C/C=C/OC(=O)C(C)(C)C=C. The van der Waals surface area contributed by atoms with Crippen molar-refractivity contribution in [1.29, 1.82) is 0 Å². The number of carbonyl (C=O) groups is 1. The van der Waals surface area contributed by atoms with Gasteiger partial charge in [-0.1, -0.05) is 18.7 Å². The minimum absolute atomic E-state index is 0.324. The van der Waals surface area contributed by atoms with Crippen molar-refractivity contribution >= 4 is 5.97 Å². The summed E-state index contributed by atoms with van der Waals surface area (Å²) in [7, 11) is 0. The molecule has 0 radical (unpaired) electrons. The van der Waals surface area contributed by atoms with Gasteiger partial charge in [0.15, 0.2) is 0 Å². The van der Waals surface area contributed by atoms with Gasteiger partial charge in [-0.25, -0.2) is 0 Å². The lowest BCUT2D eigenvalue weighted by molar-refractivity contribution is -0.145. The van der Waals surface area contributed by atoms with E-state index >= 15 is 0 Å². The van der Waals surface area contributed by atoms with Crippen LogP contribution in [0.25, 0.3) is 0 Å². The Balaban J connectivity index is 4.12. The number of carbonyl (C=O) groups excluding carboxylic acids is 1. The van der Waals surface area contributed by atoms with Gasteiger partial charge in [0.05, 0.1) is 11.7 Å². The van der Waals surface area contributed by atoms with Gasteiger partial charge in [0.2, 0.25) is 0 Å². The molecular formula is C10H14O2. The van der Waals surface area contributed by atoms with Crippen LogP contribution in [0.3, 0.4) is 0 Å². The molecule has 0 aromatic rings. The molecule has 2 heteroatoms. The van der Waals surface area contributed by atoms with Crippen molar-refractivity contribution in [2.24, 2.45) is 5.41 Å². The third-order valence-corrected chi connectivity index (χ3v) is 1.43. The maximum Gasteiger partial charge on any atom is 0.320 e. The van der Waals surface area contributed by atoms with Gasteiger partial charge in [-0.3, -0.25) is 4.79 Å². The van der Waals surface area contributed by atoms with E-state index in [1.165, 1.54) is 12.3 Å². The minimum atomic E-state index is -0.633. The molecule has 66 valence electrons. The molecule has 0 rings (SSSR count). The van der Waals surface area contributed by atoms with Crippen molar-refractivity contribution in [2.45, 2.75) is 13.8 Å². The molecule has 0 aliphatic heterocycles. The van der Waals surface area contributed by atoms with E-state index in [9.17, 15) is 4.79 Å². The topological polar surface area (TPSA) is 26.3 Å². The average Bonchev–Trinajstić information content (AvgIpc) is 2.05. The summed E-state index contributed by atoms with van der Waals surface area (Å²) in [5.74, 6) is -0.324. The molecule has 0 amide bonds. The van der Waals surface area contributed by atoms with Crippen LogP contribution in [0.5, 0.6) is 0 Å².